The van der Waals surface area contributed by atoms with Crippen LogP contribution in [0.5, 0.6) is 5.75 Å². The monoisotopic (exact) mass is 317 g/mol. The van der Waals surface area contributed by atoms with E-state index in [2.05, 4.69) is 4.72 Å². The van der Waals surface area contributed by atoms with E-state index in [4.69, 9.17) is 14.6 Å². The average Bonchev–Trinajstić information content (AvgIpc) is 2.46. The van der Waals surface area contributed by atoms with Crippen LogP contribution in [0.1, 0.15) is 23.2 Å². The first kappa shape index (κ1) is 17.4. The van der Waals surface area contributed by atoms with Crippen molar-refractivity contribution in [1.82, 2.24) is 4.72 Å². The minimum Gasteiger partial charge on any atom is -0.496 e. The molecule has 1 rings (SSSR count). The van der Waals surface area contributed by atoms with Crippen LogP contribution in [0.15, 0.2) is 23.1 Å². The molecule has 0 aromatic heterocycles. The van der Waals surface area contributed by atoms with Crippen molar-refractivity contribution in [2.45, 2.75) is 17.7 Å². The van der Waals surface area contributed by atoms with Crippen molar-refractivity contribution in [3.05, 3.63) is 23.8 Å². The lowest BCUT2D eigenvalue weighted by molar-refractivity contribution is 0.0693. The van der Waals surface area contributed by atoms with E-state index in [0.717, 1.165) is 12.5 Å². The third-order valence-corrected chi connectivity index (χ3v) is 4.24. The van der Waals surface area contributed by atoms with Crippen LogP contribution in [0.2, 0.25) is 0 Å². The molecule has 0 aliphatic heterocycles. The second-order valence-corrected chi connectivity index (χ2v) is 6.03. The quantitative estimate of drug-likeness (QED) is 0.661. The minimum absolute atomic E-state index is 0.104. The van der Waals surface area contributed by atoms with Gasteiger partial charge in [0, 0.05) is 20.3 Å². The molecule has 8 heteroatoms. The van der Waals surface area contributed by atoms with Gasteiger partial charge in [-0.15, -0.1) is 0 Å². The summed E-state index contributed by atoms with van der Waals surface area (Å²) >= 11 is 0. The van der Waals surface area contributed by atoms with Gasteiger partial charge >= 0.3 is 5.97 Å². The van der Waals surface area contributed by atoms with E-state index in [1.54, 1.807) is 7.11 Å². The number of rotatable bonds is 9. The third-order valence-electron chi connectivity index (χ3n) is 2.78. The van der Waals surface area contributed by atoms with Crippen LogP contribution in [0, 0.1) is 0 Å². The highest BCUT2D eigenvalue weighted by Crippen LogP contribution is 2.22. The predicted molar refractivity (Wildman–Crippen MR) is 76.3 cm³/mol. The van der Waals surface area contributed by atoms with Gasteiger partial charge in [0.2, 0.25) is 10.0 Å². The molecule has 0 aliphatic rings. The molecule has 0 heterocycles. The van der Waals surface area contributed by atoms with Crippen LogP contribution >= 0.6 is 0 Å². The normalized spacial score (nSPS) is 11.3. The number of carboxylic acids is 1. The Morgan fingerprint density at radius 2 is 2.00 bits per heavy atom. The van der Waals surface area contributed by atoms with Crippen LogP contribution in [-0.2, 0) is 14.8 Å². The van der Waals surface area contributed by atoms with E-state index in [0.29, 0.717) is 13.0 Å². The molecule has 118 valence electrons. The fraction of sp³-hybridized carbons (Fsp3) is 0.462. The number of carbonyl (C=O) groups is 1. The summed E-state index contributed by atoms with van der Waals surface area (Å²) in [6.45, 7) is 0.827. The molecular formula is C13H19NO6S. The van der Waals surface area contributed by atoms with Crippen molar-refractivity contribution >= 4 is 16.0 Å². The van der Waals surface area contributed by atoms with E-state index in [-0.39, 0.29) is 22.8 Å². The molecule has 21 heavy (non-hydrogen) atoms. The second-order valence-electron chi connectivity index (χ2n) is 4.26. The van der Waals surface area contributed by atoms with Crippen molar-refractivity contribution < 1.29 is 27.8 Å². The molecule has 1 aromatic rings. The Labute approximate surface area is 123 Å². The minimum atomic E-state index is -3.74. The fourth-order valence-electron chi connectivity index (χ4n) is 1.68. The van der Waals surface area contributed by atoms with Gasteiger partial charge in [-0.25, -0.2) is 17.9 Å². The first-order chi connectivity index (χ1) is 9.92. The summed E-state index contributed by atoms with van der Waals surface area (Å²) in [5, 5.41) is 9.05. The van der Waals surface area contributed by atoms with E-state index in [1.807, 2.05) is 0 Å². The lowest BCUT2D eigenvalue weighted by Gasteiger charge is -2.09. The number of carboxylic acid groups (broad SMARTS) is 1. The number of hydrogen-bond donors (Lipinski definition) is 2. The molecule has 0 atom stereocenters. The van der Waals surface area contributed by atoms with Gasteiger partial charge < -0.3 is 14.6 Å². The van der Waals surface area contributed by atoms with Gasteiger partial charge in [0.05, 0.1) is 12.0 Å². The Kier molecular flexibility index (Phi) is 6.60. The predicted octanol–water partition coefficient (Wildman–Crippen LogP) is 1.10. The summed E-state index contributed by atoms with van der Waals surface area (Å²) in [5.74, 6) is -1.13. The molecule has 2 N–H and O–H groups in total. The largest absolute Gasteiger partial charge is 0.496 e. The molecule has 0 fully saturated rings. The number of hydrogen-bond acceptors (Lipinski definition) is 5. The maximum atomic E-state index is 12.1. The zero-order chi connectivity index (χ0) is 15.9. The smallest absolute Gasteiger partial charge is 0.339 e. The number of ether oxygens (including phenoxy) is 2. The summed E-state index contributed by atoms with van der Waals surface area (Å²) < 4.78 is 36.3. The van der Waals surface area contributed by atoms with E-state index >= 15 is 0 Å². The number of methoxy groups -OCH3 is 2. The molecule has 0 radical (unpaired) electrons. The van der Waals surface area contributed by atoms with Crippen molar-refractivity contribution in [3.63, 3.8) is 0 Å². The van der Waals surface area contributed by atoms with E-state index in [1.165, 1.54) is 19.2 Å². The number of sulfonamides is 1. The number of unbranched alkanes of at least 4 members (excludes halogenated alkanes) is 1. The Hall–Kier alpha value is -1.64. The highest BCUT2D eigenvalue weighted by molar-refractivity contribution is 7.89. The van der Waals surface area contributed by atoms with E-state index in [9.17, 15) is 13.2 Å². The molecule has 0 saturated heterocycles. The second kappa shape index (κ2) is 7.96. The topological polar surface area (TPSA) is 102 Å². The van der Waals surface area contributed by atoms with Crippen molar-refractivity contribution in [3.8, 4) is 5.75 Å². The van der Waals surface area contributed by atoms with Gasteiger partial charge in [-0.05, 0) is 31.0 Å². The highest BCUT2D eigenvalue weighted by Gasteiger charge is 2.18. The summed E-state index contributed by atoms with van der Waals surface area (Å²) in [6, 6.07) is 3.71. The molecule has 0 amide bonds. The van der Waals surface area contributed by atoms with Crippen molar-refractivity contribution in [2.75, 3.05) is 27.4 Å². The first-order valence-corrected chi connectivity index (χ1v) is 7.80. The standard InChI is InChI=1S/C13H19NO6S/c1-19-8-4-3-7-14-21(17,18)10-5-6-12(20-2)11(9-10)13(15)16/h5-6,9,14H,3-4,7-8H2,1-2H3,(H,15,16). The van der Waals surface area contributed by atoms with Crippen molar-refractivity contribution in [1.29, 1.82) is 0 Å². The lowest BCUT2D eigenvalue weighted by Crippen LogP contribution is -2.25. The zero-order valence-electron chi connectivity index (χ0n) is 12.0. The SMILES string of the molecule is COCCCCNS(=O)(=O)c1ccc(OC)c(C(=O)O)c1. The van der Waals surface area contributed by atoms with Crippen LogP contribution < -0.4 is 9.46 Å². The first-order valence-electron chi connectivity index (χ1n) is 6.32. The highest BCUT2D eigenvalue weighted by atomic mass is 32.2. The lowest BCUT2D eigenvalue weighted by atomic mass is 10.2. The van der Waals surface area contributed by atoms with Crippen molar-refractivity contribution in [2.24, 2.45) is 0 Å². The van der Waals surface area contributed by atoms with Gasteiger partial charge in [-0.3, -0.25) is 0 Å². The third kappa shape index (κ3) is 5.00. The molecule has 7 nitrogen and oxygen atoms in total. The van der Waals surface area contributed by atoms with Crippen LogP contribution in [0.3, 0.4) is 0 Å². The van der Waals surface area contributed by atoms with Crippen LogP contribution in [0.25, 0.3) is 0 Å². The van der Waals surface area contributed by atoms with Gasteiger partial charge in [0.25, 0.3) is 0 Å². The van der Waals surface area contributed by atoms with Crippen LogP contribution in [-0.4, -0.2) is 46.9 Å². The Bertz CT molecular complexity index is 584. The van der Waals surface area contributed by atoms with Gasteiger partial charge in [-0.2, -0.15) is 0 Å². The number of benzene rings is 1. The number of aromatic carboxylic acids is 1. The Morgan fingerprint density at radius 1 is 1.29 bits per heavy atom. The fourth-order valence-corrected chi connectivity index (χ4v) is 2.78. The van der Waals surface area contributed by atoms with Crippen LogP contribution in [0.4, 0.5) is 0 Å². The molecule has 0 saturated carbocycles. The van der Waals surface area contributed by atoms with E-state index < -0.39 is 16.0 Å². The van der Waals surface area contributed by atoms with Gasteiger partial charge in [0.15, 0.2) is 0 Å². The number of nitrogens with one attached hydrogen (secondary N) is 1. The molecule has 0 bridgehead atoms. The van der Waals surface area contributed by atoms with Gasteiger partial charge in [0.1, 0.15) is 11.3 Å². The maximum absolute atomic E-state index is 12.1. The Balaban J connectivity index is 2.83. The molecule has 0 aliphatic carbocycles. The molecular weight excluding hydrogens is 298 g/mol. The summed E-state index contributed by atoms with van der Waals surface area (Å²) in [4.78, 5) is 11.0. The maximum Gasteiger partial charge on any atom is 0.339 e. The molecule has 0 unspecified atom stereocenters. The van der Waals surface area contributed by atoms with Gasteiger partial charge in [-0.1, -0.05) is 0 Å². The average molecular weight is 317 g/mol. The molecule has 1 aromatic carbocycles. The summed E-state index contributed by atoms with van der Waals surface area (Å²) in [6.07, 6.45) is 1.37. The summed E-state index contributed by atoms with van der Waals surface area (Å²) in [7, 11) is -0.836. The zero-order valence-corrected chi connectivity index (χ0v) is 12.8. The Morgan fingerprint density at radius 3 is 2.57 bits per heavy atom. The summed E-state index contributed by atoms with van der Waals surface area (Å²) in [5.41, 5.74) is -0.195. The molecule has 0 spiro atoms.